The van der Waals surface area contributed by atoms with Crippen molar-refractivity contribution in [2.75, 3.05) is 43.4 Å². The largest absolute Gasteiger partial charge is 0.497 e. The molecule has 5 aromatic rings. The molecule has 0 saturated heterocycles. The predicted molar refractivity (Wildman–Crippen MR) is 190 cm³/mol. The number of anilines is 3. The van der Waals surface area contributed by atoms with E-state index in [0.29, 0.717) is 36.7 Å². The lowest BCUT2D eigenvalue weighted by Crippen LogP contribution is -2.42. The third-order valence-electron chi connectivity index (χ3n) is 8.29. The van der Waals surface area contributed by atoms with E-state index < -0.39 is 12.0 Å². The smallest absolute Gasteiger partial charge is 0.249 e. The second-order valence-electron chi connectivity index (χ2n) is 11.5. The van der Waals surface area contributed by atoms with Gasteiger partial charge in [0, 0.05) is 50.4 Å². The lowest BCUT2D eigenvalue weighted by atomic mass is 9.94. The Morgan fingerprint density at radius 2 is 1.15 bits per heavy atom. The molecule has 0 saturated carbocycles. The van der Waals surface area contributed by atoms with E-state index in [9.17, 15) is 9.59 Å². The van der Waals surface area contributed by atoms with Crippen molar-refractivity contribution in [1.82, 2.24) is 9.97 Å². The van der Waals surface area contributed by atoms with Crippen LogP contribution in [0.4, 0.5) is 17.2 Å². The van der Waals surface area contributed by atoms with Gasteiger partial charge in [0.25, 0.3) is 0 Å². The molecular weight excluding hydrogens is 602 g/mol. The number of rotatable bonds is 14. The summed E-state index contributed by atoms with van der Waals surface area (Å²) in [5.74, 6) is 1.84. The average molecular weight is 644 g/mol. The number of likely N-dealkylation sites (N-methyl/N-ethyl adjacent to an activating group) is 1. The average Bonchev–Trinajstić information content (AvgIpc) is 3.14. The summed E-state index contributed by atoms with van der Waals surface area (Å²) in [7, 11) is 6.76. The minimum atomic E-state index is -0.620. The molecule has 0 aliphatic carbocycles. The summed E-state index contributed by atoms with van der Waals surface area (Å²) >= 11 is 0. The summed E-state index contributed by atoms with van der Waals surface area (Å²) in [6.45, 7) is 0. The van der Waals surface area contributed by atoms with Gasteiger partial charge < -0.3 is 24.6 Å². The zero-order chi connectivity index (χ0) is 33.9. The monoisotopic (exact) mass is 643 g/mol. The first-order valence-electron chi connectivity index (χ1n) is 15.8. The first-order valence-corrected chi connectivity index (χ1v) is 15.8. The number of aromatic nitrogens is 2. The second kappa shape index (κ2) is 16.2. The number of nitrogens with zero attached hydrogens (tertiary/aromatic N) is 4. The molecule has 2 amide bonds. The Balaban J connectivity index is 1.38. The fourth-order valence-electron chi connectivity index (χ4n) is 5.55. The van der Waals surface area contributed by atoms with E-state index in [1.165, 1.54) is 0 Å². The van der Waals surface area contributed by atoms with E-state index in [1.54, 1.807) is 50.4 Å². The van der Waals surface area contributed by atoms with Crippen molar-refractivity contribution in [1.29, 1.82) is 0 Å². The van der Waals surface area contributed by atoms with Crippen LogP contribution in [0.25, 0.3) is 0 Å². The van der Waals surface area contributed by atoms with Crippen molar-refractivity contribution in [3.63, 3.8) is 0 Å². The third-order valence-corrected chi connectivity index (χ3v) is 8.29. The van der Waals surface area contributed by atoms with Crippen LogP contribution in [-0.2, 0) is 28.9 Å². The molecule has 5 rings (SSSR count). The first-order chi connectivity index (χ1) is 23.3. The van der Waals surface area contributed by atoms with Crippen LogP contribution in [0.1, 0.15) is 17.0 Å². The molecule has 1 aromatic heterocycles. The van der Waals surface area contributed by atoms with Crippen LogP contribution in [0.2, 0.25) is 0 Å². The van der Waals surface area contributed by atoms with Crippen LogP contribution in [-0.4, -0.2) is 56.1 Å². The summed E-state index contributed by atoms with van der Waals surface area (Å²) in [6.07, 6.45) is 2.94. The molecule has 0 radical (unpaired) electrons. The fourth-order valence-corrected chi connectivity index (χ4v) is 5.55. The van der Waals surface area contributed by atoms with Crippen molar-refractivity contribution in [3.8, 4) is 11.5 Å². The maximum atomic E-state index is 14.0. The quantitative estimate of drug-likeness (QED) is 0.153. The lowest BCUT2D eigenvalue weighted by molar-refractivity contribution is -0.122. The molecule has 0 bridgehead atoms. The number of carbonyl (C=O) groups excluding carboxylic acids is 2. The lowest BCUT2D eigenvalue weighted by Gasteiger charge is -2.26. The Morgan fingerprint density at radius 3 is 1.67 bits per heavy atom. The molecule has 0 unspecified atom stereocenters. The normalized spacial score (nSPS) is 12.0. The number of carbonyl (C=O) groups is 2. The highest BCUT2D eigenvalue weighted by Gasteiger charge is 2.27. The van der Waals surface area contributed by atoms with Gasteiger partial charge >= 0.3 is 0 Å². The van der Waals surface area contributed by atoms with Crippen LogP contribution in [0.15, 0.2) is 121 Å². The molecule has 2 atom stereocenters. The molecule has 0 aliphatic rings. The molecule has 48 heavy (non-hydrogen) atoms. The number of methoxy groups -OCH3 is 2. The highest BCUT2D eigenvalue weighted by Crippen LogP contribution is 2.24. The number of hydrogen-bond acceptors (Lipinski definition) is 7. The maximum absolute atomic E-state index is 14.0. The van der Waals surface area contributed by atoms with E-state index >= 15 is 0 Å². The van der Waals surface area contributed by atoms with Crippen molar-refractivity contribution in [2.24, 2.45) is 5.92 Å². The van der Waals surface area contributed by atoms with Crippen LogP contribution < -0.4 is 24.6 Å². The Morgan fingerprint density at radius 1 is 0.646 bits per heavy atom. The molecule has 1 N–H and O–H groups in total. The van der Waals surface area contributed by atoms with Crippen LogP contribution in [0, 0.1) is 5.92 Å². The molecule has 0 spiro atoms. The van der Waals surface area contributed by atoms with Gasteiger partial charge in [0.2, 0.25) is 11.8 Å². The molecule has 4 aromatic carbocycles. The molecule has 0 fully saturated rings. The maximum Gasteiger partial charge on any atom is 0.249 e. The van der Waals surface area contributed by atoms with E-state index in [4.69, 9.17) is 14.5 Å². The Bertz CT molecular complexity index is 1640. The van der Waals surface area contributed by atoms with Crippen LogP contribution in [0.3, 0.4) is 0 Å². The van der Waals surface area contributed by atoms with Crippen molar-refractivity contribution >= 4 is 29.0 Å². The van der Waals surface area contributed by atoms with E-state index in [0.717, 1.165) is 28.3 Å². The zero-order valence-corrected chi connectivity index (χ0v) is 27.7. The van der Waals surface area contributed by atoms with Gasteiger partial charge in [0.05, 0.1) is 14.2 Å². The molecule has 1 heterocycles. The van der Waals surface area contributed by atoms with Gasteiger partial charge in [-0.3, -0.25) is 9.59 Å². The number of amides is 2. The van der Waals surface area contributed by atoms with Gasteiger partial charge in [0.1, 0.15) is 29.2 Å². The zero-order valence-electron chi connectivity index (χ0n) is 27.7. The Kier molecular flexibility index (Phi) is 11.4. The predicted octanol–water partition coefficient (Wildman–Crippen LogP) is 6.24. The summed E-state index contributed by atoms with van der Waals surface area (Å²) in [4.78, 5) is 40.6. The SMILES string of the molecule is COc1ccc(N(C)C(=O)[C@H](Cc2ccccc2)Cc2nccc(N[C@@H](Cc3ccccc3)C(=O)N(C)c3ccc(OC)cc3)n2)cc1. The van der Waals surface area contributed by atoms with E-state index in [1.807, 2.05) is 109 Å². The first kappa shape index (κ1) is 33.7. The highest BCUT2D eigenvalue weighted by atomic mass is 16.5. The third kappa shape index (κ3) is 8.76. The van der Waals surface area contributed by atoms with Gasteiger partial charge in [-0.1, -0.05) is 60.7 Å². The molecule has 9 nitrogen and oxygen atoms in total. The van der Waals surface area contributed by atoms with Gasteiger partial charge in [-0.25, -0.2) is 9.97 Å². The van der Waals surface area contributed by atoms with Crippen LogP contribution in [0.5, 0.6) is 11.5 Å². The Hall–Kier alpha value is -5.70. The van der Waals surface area contributed by atoms with E-state index in [2.05, 4.69) is 10.3 Å². The van der Waals surface area contributed by atoms with Crippen LogP contribution >= 0.6 is 0 Å². The second-order valence-corrected chi connectivity index (χ2v) is 11.5. The number of ether oxygens (including phenoxy) is 2. The molecule has 9 heteroatoms. The summed E-state index contributed by atoms with van der Waals surface area (Å²) < 4.78 is 10.6. The summed E-state index contributed by atoms with van der Waals surface area (Å²) in [5, 5.41) is 3.38. The van der Waals surface area contributed by atoms with Gasteiger partial charge in [-0.05, 0) is 72.1 Å². The number of hydrogen-bond donors (Lipinski definition) is 1. The fraction of sp³-hybridized carbons (Fsp3) is 0.231. The standard InChI is InChI=1S/C39H41N5O4/c1-43(31-15-19-33(47-3)20-16-31)38(45)30(25-28-11-7-5-8-12-28)27-37-40-24-23-36(42-37)41-35(26-29-13-9-6-10-14-29)39(46)44(2)32-17-21-34(48-4)22-18-32/h5-24,30,35H,25-27H2,1-4H3,(H,40,41,42)/t30-,35+/m1/s1. The molecular formula is C39H41N5O4. The van der Waals surface area contributed by atoms with Crippen molar-refractivity contribution in [2.45, 2.75) is 25.3 Å². The minimum Gasteiger partial charge on any atom is -0.497 e. The van der Waals surface area contributed by atoms with E-state index in [-0.39, 0.29) is 11.8 Å². The molecule has 0 aliphatic heterocycles. The Labute approximate surface area is 282 Å². The van der Waals surface area contributed by atoms with Gasteiger partial charge in [0.15, 0.2) is 0 Å². The van der Waals surface area contributed by atoms with Gasteiger partial charge in [-0.15, -0.1) is 0 Å². The summed E-state index contributed by atoms with van der Waals surface area (Å²) in [6, 6.07) is 35.7. The number of nitrogens with one attached hydrogen (secondary N) is 1. The van der Waals surface area contributed by atoms with Gasteiger partial charge in [-0.2, -0.15) is 0 Å². The minimum absolute atomic E-state index is 0.0516. The van der Waals surface area contributed by atoms with Crippen molar-refractivity contribution in [3.05, 3.63) is 138 Å². The number of benzene rings is 4. The summed E-state index contributed by atoms with van der Waals surface area (Å²) in [5.41, 5.74) is 3.56. The highest BCUT2D eigenvalue weighted by molar-refractivity contribution is 5.98. The topological polar surface area (TPSA) is 96.9 Å². The molecule has 246 valence electrons. The van der Waals surface area contributed by atoms with Crippen molar-refractivity contribution < 1.29 is 19.1 Å².